The van der Waals surface area contributed by atoms with Gasteiger partial charge in [-0.2, -0.15) is 5.10 Å². The highest BCUT2D eigenvalue weighted by molar-refractivity contribution is 5.78. The Morgan fingerprint density at radius 2 is 1.85 bits per heavy atom. The first kappa shape index (κ1) is 22.3. The number of carbonyl (C=O) groups excluding carboxylic acids is 1. The van der Waals surface area contributed by atoms with Gasteiger partial charge in [0.15, 0.2) is 5.65 Å². The van der Waals surface area contributed by atoms with Gasteiger partial charge >= 0.3 is 0 Å². The minimum Gasteiger partial charge on any atom is -0.494 e. The number of amides is 1. The Morgan fingerprint density at radius 1 is 1.06 bits per heavy atom. The molecule has 0 atom stereocenters. The van der Waals surface area contributed by atoms with Gasteiger partial charge in [0.1, 0.15) is 17.1 Å². The first-order valence-corrected chi connectivity index (χ1v) is 12.0. The molecule has 9 nitrogen and oxygen atoms in total. The van der Waals surface area contributed by atoms with Gasteiger partial charge in [0.05, 0.1) is 12.3 Å². The summed E-state index contributed by atoms with van der Waals surface area (Å²) in [5, 5.41) is 13.5. The second-order valence-corrected chi connectivity index (χ2v) is 8.88. The van der Waals surface area contributed by atoms with Crippen molar-refractivity contribution in [3.8, 4) is 17.0 Å². The highest BCUT2D eigenvalue weighted by Gasteiger charge is 2.20. The van der Waals surface area contributed by atoms with Gasteiger partial charge in [-0.05, 0) is 43.8 Å². The molecule has 1 aliphatic rings. The zero-order chi connectivity index (χ0) is 23.5. The molecule has 0 aliphatic carbocycles. The number of likely N-dealkylation sites (N-methyl/N-ethyl adjacent to an activating group) is 1. The molecule has 0 saturated carbocycles. The summed E-state index contributed by atoms with van der Waals surface area (Å²) in [6.07, 6.45) is 6.98. The number of hydrogen-bond acceptors (Lipinski definition) is 6. The number of hydrogen-bond donors (Lipinski definition) is 0. The molecule has 0 radical (unpaired) electrons. The molecule has 1 saturated heterocycles. The van der Waals surface area contributed by atoms with Crippen molar-refractivity contribution in [1.29, 1.82) is 0 Å². The molecule has 1 aliphatic heterocycles. The summed E-state index contributed by atoms with van der Waals surface area (Å²) in [5.74, 6) is 1.84. The number of aryl methyl sites for hydroxylation is 1. The topological polar surface area (TPSA) is 80.3 Å². The number of aromatic nitrogens is 5. The Bertz CT molecular complexity index is 1270. The van der Waals surface area contributed by atoms with Gasteiger partial charge in [-0.15, -0.1) is 10.2 Å². The fourth-order valence-corrected chi connectivity index (χ4v) is 4.26. The van der Waals surface area contributed by atoms with Crippen LogP contribution in [0.15, 0.2) is 42.7 Å². The van der Waals surface area contributed by atoms with Crippen molar-refractivity contribution in [1.82, 2.24) is 34.0 Å². The van der Waals surface area contributed by atoms with Crippen LogP contribution in [0, 0.1) is 0 Å². The molecule has 4 heterocycles. The largest absolute Gasteiger partial charge is 0.494 e. The molecule has 0 unspecified atom stereocenters. The number of rotatable bonds is 8. The molecule has 0 N–H and O–H groups in total. The maximum absolute atomic E-state index is 12.6. The normalized spacial score (nSPS) is 14.8. The summed E-state index contributed by atoms with van der Waals surface area (Å²) in [6, 6.07) is 10.0. The number of ether oxygens (including phenoxy) is 1. The summed E-state index contributed by atoms with van der Waals surface area (Å²) >= 11 is 0. The van der Waals surface area contributed by atoms with E-state index in [0.29, 0.717) is 12.8 Å². The fourth-order valence-electron chi connectivity index (χ4n) is 4.26. The Balaban J connectivity index is 1.31. The van der Waals surface area contributed by atoms with Crippen molar-refractivity contribution < 1.29 is 9.53 Å². The number of carbonyl (C=O) groups is 1. The SMILES string of the molecule is CCCCOc1ccc(-c2cc3c4nnc(CCC(=O)N5CCN(C)CC5)n4ccn3n2)cc1. The van der Waals surface area contributed by atoms with Gasteiger partial charge < -0.3 is 14.5 Å². The zero-order valence-electron chi connectivity index (χ0n) is 19.9. The van der Waals surface area contributed by atoms with E-state index in [9.17, 15) is 4.79 Å². The summed E-state index contributed by atoms with van der Waals surface area (Å²) in [6.45, 7) is 6.32. The van der Waals surface area contributed by atoms with Gasteiger partial charge in [-0.25, -0.2) is 4.52 Å². The number of unbranched alkanes of at least 4 members (excludes halogenated alkanes) is 1. The first-order chi connectivity index (χ1) is 16.6. The predicted molar refractivity (Wildman–Crippen MR) is 130 cm³/mol. The van der Waals surface area contributed by atoms with E-state index < -0.39 is 0 Å². The fraction of sp³-hybridized carbons (Fsp3) is 0.440. The van der Waals surface area contributed by atoms with E-state index in [1.807, 2.05) is 56.5 Å². The van der Waals surface area contributed by atoms with Crippen molar-refractivity contribution in [2.24, 2.45) is 0 Å². The molecule has 34 heavy (non-hydrogen) atoms. The minimum atomic E-state index is 0.180. The maximum atomic E-state index is 12.6. The van der Waals surface area contributed by atoms with Gasteiger partial charge in [-0.1, -0.05) is 13.3 Å². The van der Waals surface area contributed by atoms with Crippen molar-refractivity contribution in [3.63, 3.8) is 0 Å². The Hall–Kier alpha value is -3.46. The van der Waals surface area contributed by atoms with Crippen LogP contribution >= 0.6 is 0 Å². The highest BCUT2D eigenvalue weighted by atomic mass is 16.5. The minimum absolute atomic E-state index is 0.180. The molecule has 0 spiro atoms. The van der Waals surface area contributed by atoms with E-state index in [2.05, 4.69) is 29.1 Å². The van der Waals surface area contributed by atoms with Gasteiger partial charge in [-0.3, -0.25) is 9.20 Å². The molecule has 4 aromatic rings. The third-order valence-electron chi connectivity index (χ3n) is 6.42. The van der Waals surface area contributed by atoms with Crippen molar-refractivity contribution in [2.45, 2.75) is 32.6 Å². The lowest BCUT2D eigenvalue weighted by molar-refractivity contribution is -0.132. The van der Waals surface area contributed by atoms with Crippen LogP contribution in [-0.4, -0.2) is 79.8 Å². The van der Waals surface area contributed by atoms with Crippen molar-refractivity contribution >= 4 is 17.1 Å². The van der Waals surface area contributed by atoms with Crippen LogP contribution < -0.4 is 4.74 Å². The van der Waals surface area contributed by atoms with E-state index in [1.165, 1.54) is 0 Å². The summed E-state index contributed by atoms with van der Waals surface area (Å²) in [4.78, 5) is 16.8. The van der Waals surface area contributed by atoms with Crippen molar-refractivity contribution in [3.05, 3.63) is 48.5 Å². The third-order valence-corrected chi connectivity index (χ3v) is 6.42. The quantitative estimate of drug-likeness (QED) is 0.376. The molecule has 1 amide bonds. The second-order valence-electron chi connectivity index (χ2n) is 8.88. The molecule has 1 fully saturated rings. The molecule has 1 aromatic carbocycles. The summed E-state index contributed by atoms with van der Waals surface area (Å²) < 4.78 is 9.55. The van der Waals surface area contributed by atoms with Crippen LogP contribution in [0.4, 0.5) is 0 Å². The van der Waals surface area contributed by atoms with Crippen LogP contribution in [-0.2, 0) is 11.2 Å². The smallest absolute Gasteiger partial charge is 0.223 e. The van der Waals surface area contributed by atoms with Crippen LogP contribution in [0.25, 0.3) is 22.4 Å². The molecular weight excluding hydrogens is 430 g/mol. The highest BCUT2D eigenvalue weighted by Crippen LogP contribution is 2.24. The zero-order valence-corrected chi connectivity index (χ0v) is 19.9. The Kier molecular flexibility index (Phi) is 6.44. The maximum Gasteiger partial charge on any atom is 0.223 e. The van der Waals surface area contributed by atoms with E-state index in [0.717, 1.165) is 79.6 Å². The number of benzene rings is 1. The number of nitrogens with zero attached hydrogens (tertiary/aromatic N) is 7. The van der Waals surface area contributed by atoms with Crippen LogP contribution in [0.5, 0.6) is 5.75 Å². The first-order valence-electron chi connectivity index (χ1n) is 12.0. The molecule has 3 aromatic heterocycles. The Labute approximate surface area is 198 Å². The molecule has 9 heteroatoms. The van der Waals surface area contributed by atoms with Crippen molar-refractivity contribution in [2.75, 3.05) is 39.8 Å². The monoisotopic (exact) mass is 461 g/mol. The van der Waals surface area contributed by atoms with E-state index >= 15 is 0 Å². The lowest BCUT2D eigenvalue weighted by Crippen LogP contribution is -2.47. The summed E-state index contributed by atoms with van der Waals surface area (Å²) in [7, 11) is 2.09. The Morgan fingerprint density at radius 3 is 2.62 bits per heavy atom. The van der Waals surface area contributed by atoms with Crippen LogP contribution in [0.3, 0.4) is 0 Å². The van der Waals surface area contributed by atoms with Crippen LogP contribution in [0.2, 0.25) is 0 Å². The molecular formula is C25H31N7O2. The second kappa shape index (κ2) is 9.80. The van der Waals surface area contributed by atoms with Gasteiger partial charge in [0.25, 0.3) is 0 Å². The average molecular weight is 462 g/mol. The van der Waals surface area contributed by atoms with Gasteiger partial charge in [0.2, 0.25) is 5.91 Å². The molecule has 5 rings (SSSR count). The number of fused-ring (bicyclic) bond motifs is 3. The molecule has 0 bridgehead atoms. The third kappa shape index (κ3) is 4.61. The van der Waals surface area contributed by atoms with E-state index in [1.54, 1.807) is 0 Å². The predicted octanol–water partition coefficient (Wildman–Crippen LogP) is 2.93. The lowest BCUT2D eigenvalue weighted by Gasteiger charge is -2.32. The lowest BCUT2D eigenvalue weighted by atomic mass is 10.1. The number of piperazine rings is 1. The van der Waals surface area contributed by atoms with Crippen LogP contribution in [0.1, 0.15) is 32.0 Å². The standard InChI is InChI=1S/C25H31N7O2/c1-3-4-17-34-20-7-5-19(6-8-20)21-18-22-25-27-26-23(31(25)15-16-32(22)28-21)9-10-24(33)30-13-11-29(2)12-14-30/h5-8,15-16,18H,3-4,9-14,17H2,1-2H3. The van der Waals surface area contributed by atoms with E-state index in [-0.39, 0.29) is 5.91 Å². The average Bonchev–Trinajstić information content (AvgIpc) is 3.47. The molecule has 178 valence electrons. The van der Waals surface area contributed by atoms with Gasteiger partial charge in [0, 0.05) is 57.0 Å². The summed E-state index contributed by atoms with van der Waals surface area (Å²) in [5.41, 5.74) is 3.50. The van der Waals surface area contributed by atoms with E-state index in [4.69, 9.17) is 9.84 Å².